The molecule has 0 bridgehead atoms. The molecule has 0 saturated heterocycles. The van der Waals surface area contributed by atoms with Crippen molar-refractivity contribution < 1.29 is 4.42 Å². The van der Waals surface area contributed by atoms with Crippen molar-refractivity contribution in [2.45, 2.75) is 0 Å². The largest absolute Gasteiger partial charge is 0.463 e. The highest BCUT2D eigenvalue weighted by Gasteiger charge is 2.05. The molecule has 0 atom stereocenters. The third-order valence-corrected chi connectivity index (χ3v) is 2.50. The first-order valence-corrected chi connectivity index (χ1v) is 5.41. The molecule has 88 valence electrons. The summed E-state index contributed by atoms with van der Waals surface area (Å²) in [5, 5.41) is 0. The van der Waals surface area contributed by atoms with Gasteiger partial charge >= 0.3 is 0 Å². The molecule has 0 aromatic carbocycles. The number of aromatic nitrogens is 3. The minimum atomic E-state index is 0.402. The minimum absolute atomic E-state index is 0.402. The van der Waals surface area contributed by atoms with E-state index in [1.54, 1.807) is 18.7 Å². The molecular formula is C13H10N4O. The smallest absolute Gasteiger partial charge is 0.152 e. The van der Waals surface area contributed by atoms with Crippen LogP contribution < -0.4 is 5.73 Å². The molecule has 18 heavy (non-hydrogen) atoms. The number of nitrogens with two attached hydrogens (primary N) is 1. The van der Waals surface area contributed by atoms with Gasteiger partial charge in [0.2, 0.25) is 0 Å². The molecule has 0 radical (unpaired) electrons. The van der Waals surface area contributed by atoms with Gasteiger partial charge in [0, 0.05) is 11.8 Å². The summed E-state index contributed by atoms with van der Waals surface area (Å²) in [6.45, 7) is 0. The molecule has 3 aromatic heterocycles. The maximum absolute atomic E-state index is 5.51. The molecule has 2 N–H and O–H groups in total. The first kappa shape index (κ1) is 10.5. The highest BCUT2D eigenvalue weighted by atomic mass is 16.3. The van der Waals surface area contributed by atoms with Gasteiger partial charge in [-0.25, -0.2) is 4.98 Å². The monoisotopic (exact) mass is 238 g/mol. The molecule has 0 fully saturated rings. The summed E-state index contributed by atoms with van der Waals surface area (Å²) in [5.41, 5.74) is 7.94. The van der Waals surface area contributed by atoms with Gasteiger partial charge in [0.25, 0.3) is 0 Å². The van der Waals surface area contributed by atoms with E-state index < -0.39 is 0 Å². The van der Waals surface area contributed by atoms with Crippen LogP contribution in [0.3, 0.4) is 0 Å². The fraction of sp³-hybridized carbons (Fsp3) is 0. The fourth-order valence-electron chi connectivity index (χ4n) is 1.64. The molecule has 5 nitrogen and oxygen atoms in total. The Morgan fingerprint density at radius 1 is 1.00 bits per heavy atom. The van der Waals surface area contributed by atoms with Crippen LogP contribution in [0.1, 0.15) is 0 Å². The second kappa shape index (κ2) is 4.29. The van der Waals surface area contributed by atoms with E-state index in [2.05, 4.69) is 15.0 Å². The maximum atomic E-state index is 5.51. The number of furan rings is 1. The van der Waals surface area contributed by atoms with Gasteiger partial charge in [0.15, 0.2) is 5.76 Å². The van der Waals surface area contributed by atoms with E-state index in [0.717, 1.165) is 22.7 Å². The number of nitrogen functional groups attached to an aromatic ring is 1. The van der Waals surface area contributed by atoms with Gasteiger partial charge in [-0.3, -0.25) is 9.97 Å². The third kappa shape index (κ3) is 1.93. The molecule has 3 rings (SSSR count). The second-order valence-electron chi connectivity index (χ2n) is 3.73. The Kier molecular flexibility index (Phi) is 2.49. The standard InChI is InChI=1S/C13H10N4O/c14-13-8-16-11(7-17-13)9-3-4-15-10(6-9)12-2-1-5-18-12/h1-8H,(H2,14,17). The summed E-state index contributed by atoms with van der Waals surface area (Å²) < 4.78 is 5.31. The molecule has 0 spiro atoms. The van der Waals surface area contributed by atoms with Crippen molar-refractivity contribution in [3.8, 4) is 22.7 Å². The molecule has 5 heteroatoms. The Balaban J connectivity index is 2.03. The van der Waals surface area contributed by atoms with Crippen LogP contribution in [0.2, 0.25) is 0 Å². The fourth-order valence-corrected chi connectivity index (χ4v) is 1.64. The molecule has 0 aliphatic heterocycles. The average molecular weight is 238 g/mol. The molecule has 0 aliphatic rings. The number of rotatable bonds is 2. The number of hydrogen-bond acceptors (Lipinski definition) is 5. The van der Waals surface area contributed by atoms with Gasteiger partial charge in [-0.15, -0.1) is 0 Å². The molecule has 0 unspecified atom stereocenters. The van der Waals surface area contributed by atoms with E-state index in [-0.39, 0.29) is 0 Å². The molecular weight excluding hydrogens is 228 g/mol. The highest BCUT2D eigenvalue weighted by Crippen LogP contribution is 2.23. The Labute approximate surface area is 103 Å². The number of pyridine rings is 1. The van der Waals surface area contributed by atoms with Crippen LogP contribution in [0.25, 0.3) is 22.7 Å². The Hall–Kier alpha value is -2.69. The van der Waals surface area contributed by atoms with Gasteiger partial charge in [-0.2, -0.15) is 0 Å². The first-order valence-electron chi connectivity index (χ1n) is 5.41. The summed E-state index contributed by atoms with van der Waals surface area (Å²) >= 11 is 0. The normalized spacial score (nSPS) is 10.4. The van der Waals surface area contributed by atoms with Crippen molar-refractivity contribution in [3.05, 3.63) is 49.1 Å². The van der Waals surface area contributed by atoms with Crippen LogP contribution in [0.5, 0.6) is 0 Å². The molecule has 0 amide bonds. The first-order chi connectivity index (χ1) is 8.83. The predicted molar refractivity (Wildman–Crippen MR) is 67.4 cm³/mol. The molecule has 0 aliphatic carbocycles. The van der Waals surface area contributed by atoms with E-state index in [9.17, 15) is 0 Å². The average Bonchev–Trinajstić information content (AvgIpc) is 2.94. The third-order valence-electron chi connectivity index (χ3n) is 2.50. The summed E-state index contributed by atoms with van der Waals surface area (Å²) in [6.07, 6.45) is 6.50. The van der Waals surface area contributed by atoms with Crippen molar-refractivity contribution in [2.24, 2.45) is 0 Å². The summed E-state index contributed by atoms with van der Waals surface area (Å²) in [6, 6.07) is 7.46. The quantitative estimate of drug-likeness (QED) is 0.741. The Morgan fingerprint density at radius 2 is 1.94 bits per heavy atom. The van der Waals surface area contributed by atoms with Crippen LogP contribution in [-0.2, 0) is 0 Å². The van der Waals surface area contributed by atoms with Gasteiger partial charge < -0.3 is 10.2 Å². The van der Waals surface area contributed by atoms with E-state index in [1.165, 1.54) is 6.20 Å². The maximum Gasteiger partial charge on any atom is 0.152 e. The van der Waals surface area contributed by atoms with Gasteiger partial charge in [0.05, 0.1) is 24.4 Å². The number of nitrogens with zero attached hydrogens (tertiary/aromatic N) is 3. The summed E-state index contributed by atoms with van der Waals surface area (Å²) in [4.78, 5) is 12.5. The van der Waals surface area contributed by atoms with Crippen molar-refractivity contribution in [2.75, 3.05) is 5.73 Å². The minimum Gasteiger partial charge on any atom is -0.463 e. The van der Waals surface area contributed by atoms with Crippen LogP contribution in [0, 0.1) is 0 Å². The second-order valence-corrected chi connectivity index (χ2v) is 3.73. The van der Waals surface area contributed by atoms with Crippen molar-refractivity contribution in [3.63, 3.8) is 0 Å². The van der Waals surface area contributed by atoms with Crippen LogP contribution in [-0.4, -0.2) is 15.0 Å². The van der Waals surface area contributed by atoms with Gasteiger partial charge in [-0.1, -0.05) is 0 Å². The SMILES string of the molecule is Nc1cnc(-c2ccnc(-c3ccco3)c2)cn1. The van der Waals surface area contributed by atoms with Crippen LogP contribution in [0.15, 0.2) is 53.5 Å². The van der Waals surface area contributed by atoms with Crippen LogP contribution in [0.4, 0.5) is 5.82 Å². The van der Waals surface area contributed by atoms with Crippen molar-refractivity contribution in [1.82, 2.24) is 15.0 Å². The zero-order chi connectivity index (χ0) is 12.4. The van der Waals surface area contributed by atoms with E-state index >= 15 is 0 Å². The lowest BCUT2D eigenvalue weighted by atomic mass is 10.1. The summed E-state index contributed by atoms with van der Waals surface area (Å²) in [7, 11) is 0. The number of anilines is 1. The molecule has 3 heterocycles. The van der Waals surface area contributed by atoms with Crippen molar-refractivity contribution >= 4 is 5.82 Å². The lowest BCUT2D eigenvalue weighted by molar-refractivity contribution is 0.580. The highest BCUT2D eigenvalue weighted by molar-refractivity contribution is 5.65. The number of hydrogen-bond donors (Lipinski definition) is 1. The van der Waals surface area contributed by atoms with Crippen molar-refractivity contribution in [1.29, 1.82) is 0 Å². The predicted octanol–water partition coefficient (Wildman–Crippen LogP) is 2.38. The lowest BCUT2D eigenvalue weighted by Gasteiger charge is -2.02. The Morgan fingerprint density at radius 3 is 2.67 bits per heavy atom. The summed E-state index contributed by atoms with van der Waals surface area (Å²) in [5.74, 6) is 1.12. The molecule has 0 saturated carbocycles. The molecule has 3 aromatic rings. The zero-order valence-corrected chi connectivity index (χ0v) is 9.45. The van der Waals surface area contributed by atoms with E-state index in [0.29, 0.717) is 5.82 Å². The van der Waals surface area contributed by atoms with E-state index in [1.807, 2.05) is 24.3 Å². The Bertz CT molecular complexity index is 647. The van der Waals surface area contributed by atoms with Gasteiger partial charge in [0.1, 0.15) is 11.5 Å². The van der Waals surface area contributed by atoms with E-state index in [4.69, 9.17) is 10.2 Å². The topological polar surface area (TPSA) is 77.8 Å². The van der Waals surface area contributed by atoms with Crippen LogP contribution >= 0.6 is 0 Å². The lowest BCUT2D eigenvalue weighted by Crippen LogP contribution is -1.93. The van der Waals surface area contributed by atoms with Gasteiger partial charge in [-0.05, 0) is 24.3 Å². The zero-order valence-electron chi connectivity index (χ0n) is 9.45.